The molecule has 4 rings (SSSR count). The van der Waals surface area contributed by atoms with Crippen LogP contribution in [0.3, 0.4) is 0 Å². The molecule has 0 aliphatic carbocycles. The van der Waals surface area contributed by atoms with Gasteiger partial charge in [0.25, 0.3) is 0 Å². The van der Waals surface area contributed by atoms with Crippen LogP contribution in [0.5, 0.6) is 11.8 Å². The van der Waals surface area contributed by atoms with Crippen LogP contribution in [-0.4, -0.2) is 19.6 Å². The van der Waals surface area contributed by atoms with E-state index in [-0.39, 0.29) is 76.0 Å². The first-order valence-corrected chi connectivity index (χ1v) is 7.60. The van der Waals surface area contributed by atoms with E-state index in [9.17, 15) is 19.0 Å². The van der Waals surface area contributed by atoms with Gasteiger partial charge in [0, 0.05) is 23.4 Å². The first-order chi connectivity index (χ1) is 12.4. The maximum Gasteiger partial charge on any atom is 1.00 e. The number of hydrogen-bond acceptors (Lipinski definition) is 5. The number of rotatable bonds is 2. The summed E-state index contributed by atoms with van der Waals surface area (Å²) in [6.07, 6.45) is 1.31. The van der Waals surface area contributed by atoms with Crippen molar-refractivity contribution in [1.29, 1.82) is 0 Å². The van der Waals surface area contributed by atoms with Gasteiger partial charge in [0.05, 0.1) is 17.0 Å². The van der Waals surface area contributed by atoms with Crippen molar-refractivity contribution < 1.29 is 78.1 Å². The van der Waals surface area contributed by atoms with Crippen LogP contribution in [0.4, 0.5) is 8.78 Å². The van der Waals surface area contributed by atoms with Gasteiger partial charge in [-0.05, 0) is 36.9 Å². The molecule has 4 aromatic rings. The number of nitrogens with zero attached hydrogens (tertiary/aromatic N) is 4. The van der Waals surface area contributed by atoms with Gasteiger partial charge in [-0.25, -0.2) is 18.3 Å². The Hall–Kier alpha value is -1.55. The molecule has 130 valence electrons. The topological polar surface area (TPSA) is 89.2 Å². The molecule has 6 nitrogen and oxygen atoms in total. The summed E-state index contributed by atoms with van der Waals surface area (Å²) in [6, 6.07) is 7.17. The zero-order valence-corrected chi connectivity index (χ0v) is 19.4. The first-order valence-electron chi connectivity index (χ1n) is 7.60. The minimum Gasteiger partial charge on any atom is -0.859 e. The van der Waals surface area contributed by atoms with Crippen LogP contribution in [0.1, 0.15) is 5.69 Å². The molecule has 0 fully saturated rings. The van der Waals surface area contributed by atoms with Gasteiger partial charge in [-0.1, -0.05) is 12.1 Å². The molecule has 0 aliphatic rings. The fraction of sp³-hybridized carbons (Fsp3) is 0.0556. The third-order valence-corrected chi connectivity index (χ3v) is 3.96. The number of aryl methyl sites for hydroxylation is 1. The van der Waals surface area contributed by atoms with Crippen molar-refractivity contribution in [1.82, 2.24) is 19.6 Å². The zero-order chi connectivity index (χ0) is 18.4. The minimum atomic E-state index is -0.778. The molecule has 0 saturated heterocycles. The maximum absolute atomic E-state index is 14.3. The Kier molecular flexibility index (Phi) is 7.19. The van der Waals surface area contributed by atoms with E-state index < -0.39 is 23.4 Å². The summed E-state index contributed by atoms with van der Waals surface area (Å²) in [6.45, 7) is 1.61. The second-order valence-corrected chi connectivity index (χ2v) is 5.68. The Morgan fingerprint density at radius 1 is 1.00 bits per heavy atom. The number of fused-ring (bicyclic) bond motifs is 1. The average Bonchev–Trinajstić information content (AvgIpc) is 2.92. The molecule has 0 unspecified atom stereocenters. The van der Waals surface area contributed by atoms with E-state index >= 15 is 0 Å². The number of hydrogen-bond donors (Lipinski definition) is 0. The Balaban J connectivity index is 0.00000140. The predicted molar refractivity (Wildman–Crippen MR) is 85.2 cm³/mol. The fourth-order valence-electron chi connectivity index (χ4n) is 2.78. The molecule has 3 aromatic heterocycles. The third-order valence-electron chi connectivity index (χ3n) is 3.96. The van der Waals surface area contributed by atoms with E-state index in [0.717, 1.165) is 16.6 Å². The van der Waals surface area contributed by atoms with Gasteiger partial charge in [0.1, 0.15) is 11.6 Å². The summed E-state index contributed by atoms with van der Waals surface area (Å²) in [7, 11) is 0. The largest absolute Gasteiger partial charge is 1.00 e. The molecule has 10 heteroatoms. The smallest absolute Gasteiger partial charge is 0.859 e. The Labute approximate surface area is 202 Å². The van der Waals surface area contributed by atoms with Crippen molar-refractivity contribution in [3.63, 3.8) is 0 Å². The summed E-state index contributed by atoms with van der Waals surface area (Å²) in [5, 5.41) is 27.7. The van der Waals surface area contributed by atoms with Gasteiger partial charge < -0.3 is 10.2 Å². The standard InChI is InChI=1S/C18H12F2N4O2.2Na/c1-9-17(12-4-3-11(19)6-13(12)20)18-22-14(7-16(26)24(18)23-9)10-2-5-15(25)21-8-10;;/h2-8,26H,1H3,(H,21,25);;/q;2*+1/p-2. The Bertz CT molecular complexity index is 1150. The van der Waals surface area contributed by atoms with Crippen LogP contribution in [-0.2, 0) is 0 Å². The van der Waals surface area contributed by atoms with E-state index in [0.29, 0.717) is 16.8 Å². The monoisotopic (exact) mass is 398 g/mol. The SMILES string of the molecule is Cc1nn2c([O-])cc(-c3ccc([O-])nc3)nc2c1-c1ccc(F)cc1F.[Na+].[Na+]. The van der Waals surface area contributed by atoms with Crippen molar-refractivity contribution in [2.45, 2.75) is 6.92 Å². The quantitative estimate of drug-likeness (QED) is 0.323. The summed E-state index contributed by atoms with van der Waals surface area (Å²) in [5.74, 6) is -2.36. The molecular weight excluding hydrogens is 388 g/mol. The molecule has 0 atom stereocenters. The summed E-state index contributed by atoms with van der Waals surface area (Å²) >= 11 is 0. The number of halogens is 2. The molecule has 0 bridgehead atoms. The van der Waals surface area contributed by atoms with E-state index in [2.05, 4.69) is 15.1 Å². The van der Waals surface area contributed by atoms with Crippen LogP contribution < -0.4 is 69.3 Å². The third kappa shape index (κ3) is 4.07. The molecule has 28 heavy (non-hydrogen) atoms. The summed E-state index contributed by atoms with van der Waals surface area (Å²) in [4.78, 5) is 8.05. The number of pyridine rings is 1. The second kappa shape index (κ2) is 8.86. The molecule has 0 aliphatic heterocycles. The molecule has 0 radical (unpaired) electrons. The van der Waals surface area contributed by atoms with Crippen LogP contribution in [0.25, 0.3) is 28.0 Å². The number of aromatic nitrogens is 4. The van der Waals surface area contributed by atoms with Gasteiger partial charge in [0.2, 0.25) is 0 Å². The fourth-order valence-corrected chi connectivity index (χ4v) is 2.78. The van der Waals surface area contributed by atoms with Crippen molar-refractivity contribution in [2.24, 2.45) is 0 Å². The molecule has 0 N–H and O–H groups in total. The average molecular weight is 398 g/mol. The zero-order valence-electron chi connectivity index (χ0n) is 15.4. The minimum absolute atomic E-state index is 0. The van der Waals surface area contributed by atoms with Crippen LogP contribution in [0.2, 0.25) is 0 Å². The van der Waals surface area contributed by atoms with Crippen LogP contribution in [0.15, 0.2) is 42.6 Å². The van der Waals surface area contributed by atoms with Crippen LogP contribution in [0, 0.1) is 18.6 Å². The molecule has 0 amide bonds. The van der Waals surface area contributed by atoms with Crippen LogP contribution >= 0.6 is 0 Å². The van der Waals surface area contributed by atoms with E-state index in [1.807, 2.05) is 0 Å². The normalized spacial score (nSPS) is 10.4. The van der Waals surface area contributed by atoms with Gasteiger partial charge in [0.15, 0.2) is 5.65 Å². The van der Waals surface area contributed by atoms with Gasteiger partial charge >= 0.3 is 59.1 Å². The van der Waals surface area contributed by atoms with E-state index in [4.69, 9.17) is 0 Å². The van der Waals surface area contributed by atoms with E-state index in [1.165, 1.54) is 30.5 Å². The maximum atomic E-state index is 14.3. The molecule has 1 aromatic carbocycles. The molecule has 0 saturated carbocycles. The summed E-state index contributed by atoms with van der Waals surface area (Å²) < 4.78 is 28.6. The van der Waals surface area contributed by atoms with Gasteiger partial charge in [-0.2, -0.15) is 5.10 Å². The predicted octanol–water partition coefficient (Wildman–Crippen LogP) is -3.80. The van der Waals surface area contributed by atoms with Crippen molar-refractivity contribution >= 4 is 5.65 Å². The Morgan fingerprint density at radius 2 is 1.75 bits per heavy atom. The first kappa shape index (κ1) is 22.7. The summed E-state index contributed by atoms with van der Waals surface area (Å²) in [5.41, 5.74) is 1.66. The molecule has 0 spiro atoms. The van der Waals surface area contributed by atoms with Gasteiger partial charge in [-0.15, -0.1) is 0 Å². The molecule has 3 heterocycles. The van der Waals surface area contributed by atoms with Crippen molar-refractivity contribution in [2.75, 3.05) is 0 Å². The van der Waals surface area contributed by atoms with E-state index in [1.54, 1.807) is 6.92 Å². The van der Waals surface area contributed by atoms with Crippen molar-refractivity contribution in [3.8, 4) is 34.1 Å². The Morgan fingerprint density at radius 3 is 2.39 bits per heavy atom. The second-order valence-electron chi connectivity index (χ2n) is 5.68. The van der Waals surface area contributed by atoms with Gasteiger partial charge in [-0.3, -0.25) is 4.98 Å². The molecular formula is C18H10F2N4Na2O2. The van der Waals surface area contributed by atoms with Crippen molar-refractivity contribution in [3.05, 3.63) is 59.9 Å². The number of benzene rings is 1.